The Bertz CT molecular complexity index is 1070. The second-order valence-electron chi connectivity index (χ2n) is 7.63. The van der Waals surface area contributed by atoms with Crippen molar-refractivity contribution >= 4 is 35.2 Å². The highest BCUT2D eigenvalue weighted by Gasteiger charge is 2.26. The third-order valence-electron chi connectivity index (χ3n) is 4.88. The van der Waals surface area contributed by atoms with Gasteiger partial charge in [0.25, 0.3) is 5.91 Å². The first-order valence-corrected chi connectivity index (χ1v) is 11.6. The van der Waals surface area contributed by atoms with Crippen LogP contribution in [-0.4, -0.2) is 32.3 Å². The predicted octanol–water partition coefficient (Wildman–Crippen LogP) is 4.00. The molecule has 0 fully saturated rings. The number of nitrogens with zero attached hydrogens (tertiary/aromatic N) is 3. The van der Waals surface area contributed by atoms with Crippen LogP contribution in [0.1, 0.15) is 41.6 Å². The van der Waals surface area contributed by atoms with Crippen LogP contribution in [-0.2, 0) is 18.4 Å². The first-order chi connectivity index (χ1) is 15.4. The van der Waals surface area contributed by atoms with Gasteiger partial charge in [-0.3, -0.25) is 9.59 Å². The maximum Gasteiger partial charge on any atom is 0.253 e. The van der Waals surface area contributed by atoms with Crippen LogP contribution < -0.4 is 10.6 Å². The van der Waals surface area contributed by atoms with Gasteiger partial charge in [0.05, 0.1) is 22.4 Å². The summed E-state index contributed by atoms with van der Waals surface area (Å²) in [5.74, 6) is 0.545. The lowest BCUT2D eigenvalue weighted by Gasteiger charge is -2.22. The summed E-state index contributed by atoms with van der Waals surface area (Å²) < 4.78 is 1.81. The van der Waals surface area contributed by atoms with Gasteiger partial charge in [0.2, 0.25) is 5.91 Å². The van der Waals surface area contributed by atoms with Crippen molar-refractivity contribution in [2.24, 2.45) is 13.0 Å². The van der Waals surface area contributed by atoms with Crippen LogP contribution in [0, 0.1) is 5.92 Å². The van der Waals surface area contributed by atoms with Crippen molar-refractivity contribution in [3.8, 4) is 0 Å². The third-order valence-corrected chi connectivity index (χ3v) is 6.23. The van der Waals surface area contributed by atoms with E-state index in [1.165, 1.54) is 11.8 Å². The molecule has 2 N–H and O–H groups in total. The van der Waals surface area contributed by atoms with Crippen molar-refractivity contribution in [1.82, 2.24) is 25.4 Å². The van der Waals surface area contributed by atoms with E-state index in [2.05, 4.69) is 20.8 Å². The molecule has 1 atom stereocenters. The van der Waals surface area contributed by atoms with Crippen LogP contribution >= 0.6 is 23.4 Å². The smallest absolute Gasteiger partial charge is 0.253 e. The van der Waals surface area contributed by atoms with Crippen LogP contribution in [0.3, 0.4) is 0 Å². The fraction of sp³-hybridized carbons (Fsp3) is 0.304. The quantitative estimate of drug-likeness (QED) is 0.460. The number of carbonyl (C=O) groups is 2. The molecule has 0 radical (unpaired) electrons. The normalized spacial score (nSPS) is 11.9. The number of hydrogen-bond donors (Lipinski definition) is 2. The van der Waals surface area contributed by atoms with Crippen LogP contribution in [0.15, 0.2) is 59.8 Å². The standard InChI is InChI=1S/C23H26ClN5O2S/c1-15(2)20(26-22(31)17-11-7-8-12-18(17)24)21-27-28-23(29(21)3)32-14-19(30)25-13-16-9-5-4-6-10-16/h4-12,15,20H,13-14H2,1-3H3,(H,25,30)(H,26,31). The zero-order valence-electron chi connectivity index (χ0n) is 18.2. The van der Waals surface area contributed by atoms with E-state index in [4.69, 9.17) is 11.6 Å². The van der Waals surface area contributed by atoms with Crippen LogP contribution in [0.5, 0.6) is 0 Å². The minimum atomic E-state index is -0.363. The number of hydrogen-bond acceptors (Lipinski definition) is 5. The van der Waals surface area contributed by atoms with Gasteiger partial charge in [-0.25, -0.2) is 0 Å². The SMILES string of the molecule is CC(C)C(NC(=O)c1ccccc1Cl)c1nnc(SCC(=O)NCc2ccccc2)n1C. The summed E-state index contributed by atoms with van der Waals surface area (Å²) in [6.07, 6.45) is 0. The largest absolute Gasteiger partial charge is 0.351 e. The monoisotopic (exact) mass is 471 g/mol. The van der Waals surface area contributed by atoms with Crippen LogP contribution in [0.25, 0.3) is 0 Å². The molecule has 0 aliphatic rings. The Balaban J connectivity index is 1.62. The summed E-state index contributed by atoms with van der Waals surface area (Å²) in [6.45, 7) is 4.47. The number of benzene rings is 2. The molecule has 0 saturated carbocycles. The van der Waals surface area contributed by atoms with Crippen molar-refractivity contribution < 1.29 is 9.59 Å². The molecule has 1 heterocycles. The second kappa shape index (κ2) is 11.2. The molecule has 0 saturated heterocycles. The van der Waals surface area contributed by atoms with E-state index in [-0.39, 0.29) is 29.5 Å². The van der Waals surface area contributed by atoms with Gasteiger partial charge in [0, 0.05) is 13.6 Å². The van der Waals surface area contributed by atoms with Crippen LogP contribution in [0.4, 0.5) is 0 Å². The van der Waals surface area contributed by atoms with E-state index in [9.17, 15) is 9.59 Å². The number of rotatable bonds is 9. The van der Waals surface area contributed by atoms with Gasteiger partial charge in [-0.15, -0.1) is 10.2 Å². The molecular weight excluding hydrogens is 446 g/mol. The Kier molecular flexibility index (Phi) is 8.30. The van der Waals surface area contributed by atoms with E-state index in [0.717, 1.165) is 5.56 Å². The van der Waals surface area contributed by atoms with E-state index in [1.807, 2.05) is 55.8 Å². The van der Waals surface area contributed by atoms with E-state index >= 15 is 0 Å². The van der Waals surface area contributed by atoms with Gasteiger partial charge in [-0.1, -0.05) is 79.7 Å². The first-order valence-electron chi connectivity index (χ1n) is 10.2. The zero-order valence-corrected chi connectivity index (χ0v) is 19.8. The summed E-state index contributed by atoms with van der Waals surface area (Å²) in [6, 6.07) is 16.3. The molecule has 2 aromatic carbocycles. The molecule has 0 aliphatic carbocycles. The predicted molar refractivity (Wildman–Crippen MR) is 127 cm³/mol. The minimum absolute atomic E-state index is 0.0661. The summed E-state index contributed by atoms with van der Waals surface area (Å²) in [4.78, 5) is 25.0. The maximum absolute atomic E-state index is 12.8. The zero-order chi connectivity index (χ0) is 23.1. The first kappa shape index (κ1) is 23.8. The summed E-state index contributed by atoms with van der Waals surface area (Å²) >= 11 is 7.47. The van der Waals surface area contributed by atoms with Gasteiger partial charge >= 0.3 is 0 Å². The summed E-state index contributed by atoms with van der Waals surface area (Å²) in [7, 11) is 1.83. The molecule has 0 spiro atoms. The van der Waals surface area contributed by atoms with Gasteiger partial charge in [-0.05, 0) is 23.6 Å². The molecule has 3 aromatic rings. The molecule has 9 heteroatoms. The highest BCUT2D eigenvalue weighted by molar-refractivity contribution is 7.99. The van der Waals surface area contributed by atoms with Crippen molar-refractivity contribution in [1.29, 1.82) is 0 Å². The van der Waals surface area contributed by atoms with Gasteiger partial charge in [0.15, 0.2) is 11.0 Å². The lowest BCUT2D eigenvalue weighted by molar-refractivity contribution is -0.118. The topological polar surface area (TPSA) is 88.9 Å². The van der Waals surface area contributed by atoms with Crippen molar-refractivity contribution in [2.45, 2.75) is 31.6 Å². The highest BCUT2D eigenvalue weighted by atomic mass is 35.5. The van der Waals surface area contributed by atoms with Gasteiger partial charge in [0.1, 0.15) is 0 Å². The van der Waals surface area contributed by atoms with Gasteiger partial charge in [-0.2, -0.15) is 0 Å². The van der Waals surface area contributed by atoms with Crippen LogP contribution in [0.2, 0.25) is 5.02 Å². The van der Waals surface area contributed by atoms with E-state index in [0.29, 0.717) is 28.1 Å². The summed E-state index contributed by atoms with van der Waals surface area (Å²) in [5.41, 5.74) is 1.45. The third kappa shape index (κ3) is 6.11. The number of halogens is 1. The van der Waals surface area contributed by atoms with E-state index in [1.54, 1.807) is 24.3 Å². The van der Waals surface area contributed by atoms with Crippen molar-refractivity contribution in [3.05, 3.63) is 76.6 Å². The Morgan fingerprint density at radius 3 is 2.44 bits per heavy atom. The number of thioether (sulfide) groups is 1. The second-order valence-corrected chi connectivity index (χ2v) is 8.98. The highest BCUT2D eigenvalue weighted by Crippen LogP contribution is 2.25. The number of nitrogens with one attached hydrogen (secondary N) is 2. The fourth-order valence-electron chi connectivity index (χ4n) is 3.09. The molecule has 1 unspecified atom stereocenters. The lowest BCUT2D eigenvalue weighted by atomic mass is 10.0. The Labute approximate surface area is 197 Å². The molecule has 7 nitrogen and oxygen atoms in total. The number of carbonyl (C=O) groups excluding carboxylic acids is 2. The fourth-order valence-corrected chi connectivity index (χ4v) is 4.06. The maximum atomic E-state index is 12.8. The summed E-state index contributed by atoms with van der Waals surface area (Å²) in [5, 5.41) is 15.4. The molecule has 1 aromatic heterocycles. The van der Waals surface area contributed by atoms with Crippen molar-refractivity contribution in [3.63, 3.8) is 0 Å². The average Bonchev–Trinajstić information content (AvgIpc) is 3.15. The molecule has 0 aliphatic heterocycles. The molecule has 3 rings (SSSR count). The minimum Gasteiger partial charge on any atom is -0.351 e. The lowest BCUT2D eigenvalue weighted by Crippen LogP contribution is -2.33. The van der Waals surface area contributed by atoms with E-state index < -0.39 is 0 Å². The molecule has 168 valence electrons. The number of amides is 2. The Morgan fingerprint density at radius 1 is 1.06 bits per heavy atom. The Morgan fingerprint density at radius 2 is 1.75 bits per heavy atom. The molecule has 2 amide bonds. The van der Waals surface area contributed by atoms with Gasteiger partial charge < -0.3 is 15.2 Å². The Hall–Kier alpha value is -2.84. The molecular formula is C23H26ClN5O2S. The number of aromatic nitrogens is 3. The van der Waals surface area contributed by atoms with Crippen molar-refractivity contribution in [2.75, 3.05) is 5.75 Å². The molecule has 32 heavy (non-hydrogen) atoms. The average molecular weight is 472 g/mol. The molecule has 0 bridgehead atoms.